The monoisotopic (exact) mass is 573 g/mol. The lowest BCUT2D eigenvalue weighted by Crippen LogP contribution is -2.52. The number of nitrogens with zero attached hydrogens (tertiary/aromatic N) is 1. The Morgan fingerprint density at radius 3 is 2.03 bits per heavy atom. The SMILES string of the molecule is CC(C)[C@@H](N/C(=N\S(=O)(=O)c1ccc(Cl)cc1)NC[C@H](C(=N)c1ccc(Cl)cc1)c1ccccc1)C(N)=O. The maximum Gasteiger partial charge on any atom is 0.285 e. The number of nitrogens with two attached hydrogens (primary N) is 1. The molecule has 0 radical (unpaired) electrons. The lowest BCUT2D eigenvalue weighted by molar-refractivity contribution is -0.120. The van der Waals surface area contributed by atoms with Gasteiger partial charge in [-0.2, -0.15) is 8.42 Å². The maximum absolute atomic E-state index is 13.1. The van der Waals surface area contributed by atoms with Crippen LogP contribution in [0.15, 0.2) is 88.2 Å². The summed E-state index contributed by atoms with van der Waals surface area (Å²) in [6.45, 7) is 3.64. The smallest absolute Gasteiger partial charge is 0.285 e. The predicted octanol–water partition coefficient (Wildman–Crippen LogP) is 4.58. The number of sulfonamides is 1. The zero-order chi connectivity index (χ0) is 27.9. The van der Waals surface area contributed by atoms with Crippen molar-refractivity contribution in [3.8, 4) is 0 Å². The molecule has 0 aliphatic rings. The van der Waals surface area contributed by atoms with Crippen LogP contribution in [0.5, 0.6) is 0 Å². The zero-order valence-corrected chi connectivity index (χ0v) is 23.2. The molecule has 3 aromatic rings. The molecule has 8 nitrogen and oxygen atoms in total. The lowest BCUT2D eigenvalue weighted by Gasteiger charge is -2.24. The minimum absolute atomic E-state index is 0.0725. The van der Waals surface area contributed by atoms with Crippen molar-refractivity contribution in [1.29, 1.82) is 5.41 Å². The second kappa shape index (κ2) is 12.9. The highest BCUT2D eigenvalue weighted by Crippen LogP contribution is 2.22. The van der Waals surface area contributed by atoms with Gasteiger partial charge >= 0.3 is 0 Å². The van der Waals surface area contributed by atoms with E-state index >= 15 is 0 Å². The molecule has 0 fully saturated rings. The summed E-state index contributed by atoms with van der Waals surface area (Å²) < 4.78 is 30.1. The minimum Gasteiger partial charge on any atom is -0.368 e. The van der Waals surface area contributed by atoms with Crippen molar-refractivity contribution in [2.45, 2.75) is 30.7 Å². The van der Waals surface area contributed by atoms with E-state index in [1.807, 2.05) is 30.3 Å². The normalized spacial score (nSPS) is 13.6. The molecular formula is C27H29Cl2N5O3S. The first kappa shape index (κ1) is 29.2. The van der Waals surface area contributed by atoms with Gasteiger partial charge in [0.2, 0.25) is 11.9 Å². The summed E-state index contributed by atoms with van der Waals surface area (Å²) in [6, 6.07) is 20.9. The van der Waals surface area contributed by atoms with Crippen molar-refractivity contribution in [2.75, 3.05) is 6.54 Å². The predicted molar refractivity (Wildman–Crippen MR) is 152 cm³/mol. The Morgan fingerprint density at radius 1 is 0.947 bits per heavy atom. The van der Waals surface area contributed by atoms with Crippen molar-refractivity contribution < 1.29 is 13.2 Å². The van der Waals surface area contributed by atoms with E-state index in [1.54, 1.807) is 38.1 Å². The van der Waals surface area contributed by atoms with E-state index in [0.717, 1.165) is 5.56 Å². The van der Waals surface area contributed by atoms with E-state index < -0.39 is 27.9 Å². The van der Waals surface area contributed by atoms with Crippen LogP contribution in [0.3, 0.4) is 0 Å². The topological polar surface area (TPSA) is 138 Å². The Morgan fingerprint density at radius 2 is 1.50 bits per heavy atom. The highest BCUT2D eigenvalue weighted by Gasteiger charge is 2.25. The molecule has 1 amide bonds. The first-order valence-electron chi connectivity index (χ1n) is 11.8. The van der Waals surface area contributed by atoms with Gasteiger partial charge in [0.05, 0.1) is 4.90 Å². The number of hydrogen-bond donors (Lipinski definition) is 4. The van der Waals surface area contributed by atoms with Gasteiger partial charge in [-0.15, -0.1) is 4.40 Å². The Hall–Kier alpha value is -3.40. The molecule has 0 saturated heterocycles. The molecule has 200 valence electrons. The number of carbonyl (C=O) groups is 1. The molecule has 0 aromatic heterocycles. The van der Waals surface area contributed by atoms with Crippen LogP contribution in [0, 0.1) is 11.3 Å². The summed E-state index contributed by atoms with van der Waals surface area (Å²) in [5, 5.41) is 15.7. The van der Waals surface area contributed by atoms with Gasteiger partial charge in [0, 0.05) is 28.2 Å². The number of hydrogen-bond acceptors (Lipinski definition) is 4. The van der Waals surface area contributed by atoms with Gasteiger partial charge in [-0.3, -0.25) is 4.79 Å². The number of guanidine groups is 1. The summed E-state index contributed by atoms with van der Waals surface area (Å²) in [7, 11) is -4.18. The summed E-state index contributed by atoms with van der Waals surface area (Å²) in [4.78, 5) is 12.0. The minimum atomic E-state index is -4.18. The number of primary amides is 1. The number of amides is 1. The molecule has 38 heavy (non-hydrogen) atoms. The molecule has 5 N–H and O–H groups in total. The molecule has 0 unspecified atom stereocenters. The van der Waals surface area contributed by atoms with Gasteiger partial charge in [0.25, 0.3) is 10.0 Å². The van der Waals surface area contributed by atoms with Gasteiger partial charge in [0.15, 0.2) is 0 Å². The van der Waals surface area contributed by atoms with Crippen LogP contribution in [0.2, 0.25) is 10.0 Å². The molecule has 0 spiro atoms. The van der Waals surface area contributed by atoms with E-state index in [1.165, 1.54) is 24.3 Å². The summed E-state index contributed by atoms with van der Waals surface area (Å²) in [6.07, 6.45) is 0. The van der Waals surface area contributed by atoms with Crippen LogP contribution in [0.4, 0.5) is 0 Å². The Balaban J connectivity index is 1.98. The molecule has 3 rings (SSSR count). The lowest BCUT2D eigenvalue weighted by atomic mass is 9.90. The first-order valence-corrected chi connectivity index (χ1v) is 14.0. The molecule has 0 heterocycles. The highest BCUT2D eigenvalue weighted by molar-refractivity contribution is 7.90. The fourth-order valence-electron chi connectivity index (χ4n) is 3.70. The fourth-order valence-corrected chi connectivity index (χ4v) is 4.90. The van der Waals surface area contributed by atoms with Crippen LogP contribution >= 0.6 is 23.2 Å². The van der Waals surface area contributed by atoms with E-state index in [4.69, 9.17) is 34.3 Å². The molecule has 0 aliphatic carbocycles. The van der Waals surface area contributed by atoms with E-state index in [-0.39, 0.29) is 29.0 Å². The molecule has 0 saturated carbocycles. The van der Waals surface area contributed by atoms with Crippen LogP contribution in [0.1, 0.15) is 30.9 Å². The second-order valence-electron chi connectivity index (χ2n) is 8.90. The molecule has 11 heteroatoms. The second-order valence-corrected chi connectivity index (χ2v) is 11.4. The van der Waals surface area contributed by atoms with Crippen molar-refractivity contribution in [2.24, 2.45) is 16.0 Å². The zero-order valence-electron chi connectivity index (χ0n) is 20.9. The molecule has 2 atom stereocenters. The average molecular weight is 575 g/mol. The number of halogens is 2. The summed E-state index contributed by atoms with van der Waals surface area (Å²) in [5.41, 5.74) is 7.34. The molecular weight excluding hydrogens is 545 g/mol. The van der Waals surface area contributed by atoms with Crippen LogP contribution < -0.4 is 16.4 Å². The Kier molecular flexibility index (Phi) is 9.90. The van der Waals surface area contributed by atoms with Crippen molar-refractivity contribution in [3.05, 3.63) is 100 Å². The van der Waals surface area contributed by atoms with Gasteiger partial charge in [-0.1, -0.05) is 79.5 Å². The first-order chi connectivity index (χ1) is 18.0. The third-order valence-electron chi connectivity index (χ3n) is 5.77. The highest BCUT2D eigenvalue weighted by atomic mass is 35.5. The van der Waals surface area contributed by atoms with Crippen LogP contribution in [-0.4, -0.2) is 38.6 Å². The summed E-state index contributed by atoms with van der Waals surface area (Å²) in [5.74, 6) is -1.57. The van der Waals surface area contributed by atoms with Crippen molar-refractivity contribution >= 4 is 50.8 Å². The summed E-state index contributed by atoms with van der Waals surface area (Å²) >= 11 is 11.9. The number of benzene rings is 3. The number of rotatable bonds is 10. The van der Waals surface area contributed by atoms with Crippen LogP contribution in [-0.2, 0) is 14.8 Å². The van der Waals surface area contributed by atoms with E-state index in [0.29, 0.717) is 15.6 Å². The van der Waals surface area contributed by atoms with Gasteiger partial charge < -0.3 is 21.8 Å². The van der Waals surface area contributed by atoms with E-state index in [9.17, 15) is 13.2 Å². The van der Waals surface area contributed by atoms with Crippen LogP contribution in [0.25, 0.3) is 0 Å². The fraction of sp³-hybridized carbons (Fsp3) is 0.222. The number of nitrogens with one attached hydrogen (secondary N) is 3. The number of carbonyl (C=O) groups excluding carboxylic acids is 1. The molecule has 3 aromatic carbocycles. The largest absolute Gasteiger partial charge is 0.368 e. The maximum atomic E-state index is 13.1. The Labute approximate surface area is 232 Å². The standard InChI is InChI=1S/C27H29Cl2N5O3S/c1-17(2)25(26(31)35)33-27(34-38(36,37)22-14-12-21(29)13-15-22)32-16-23(18-6-4-3-5-7-18)24(30)19-8-10-20(28)11-9-19/h3-15,17,23,25,30H,16H2,1-2H3,(H2,31,35)(H2,32,33,34)/t23-,25+/m0/s1. The van der Waals surface area contributed by atoms with Gasteiger partial charge in [0.1, 0.15) is 6.04 Å². The van der Waals surface area contributed by atoms with Gasteiger partial charge in [-0.05, 0) is 53.4 Å². The quantitative estimate of drug-likeness (QED) is 0.208. The van der Waals surface area contributed by atoms with E-state index in [2.05, 4.69) is 15.0 Å². The Bertz CT molecular complexity index is 1390. The van der Waals surface area contributed by atoms with Crippen molar-refractivity contribution in [1.82, 2.24) is 10.6 Å². The molecule has 0 bridgehead atoms. The van der Waals surface area contributed by atoms with Crippen molar-refractivity contribution in [3.63, 3.8) is 0 Å². The molecule has 0 aliphatic heterocycles. The third kappa shape index (κ3) is 7.80. The van der Waals surface area contributed by atoms with Gasteiger partial charge in [-0.25, -0.2) is 0 Å². The third-order valence-corrected chi connectivity index (χ3v) is 7.56. The average Bonchev–Trinajstić information content (AvgIpc) is 2.87.